The van der Waals surface area contributed by atoms with Crippen LogP contribution >= 0.6 is 15.8 Å². The van der Waals surface area contributed by atoms with Crippen LogP contribution in [0.5, 0.6) is 11.5 Å². The van der Waals surface area contributed by atoms with Crippen LogP contribution in [0.3, 0.4) is 0 Å². The molecule has 4 aromatic carbocycles. The van der Waals surface area contributed by atoms with Crippen molar-refractivity contribution >= 4 is 51.6 Å². The Morgan fingerprint density at radius 1 is 0.438 bits per heavy atom. The molecule has 0 aromatic heterocycles. The lowest BCUT2D eigenvalue weighted by molar-refractivity contribution is 0.132. The average molecular weight is 718 g/mol. The van der Waals surface area contributed by atoms with Gasteiger partial charge in [0.1, 0.15) is 34.1 Å². The van der Waals surface area contributed by atoms with Crippen molar-refractivity contribution in [1.82, 2.24) is 0 Å². The first-order chi connectivity index (χ1) is 22.1. The number of benzene rings is 4. The van der Waals surface area contributed by atoms with Crippen LogP contribution < -0.4 is 30.7 Å². The van der Waals surface area contributed by atoms with Crippen LogP contribution in [0.2, 0.25) is 0 Å². The molecule has 48 heavy (non-hydrogen) atoms. The molecule has 262 valence electrons. The predicted octanol–water partition coefficient (Wildman–Crippen LogP) is 9.67. The first-order valence-electron chi connectivity index (χ1n) is 15.2. The summed E-state index contributed by atoms with van der Waals surface area (Å²) in [6.45, 7) is 12.8. The minimum Gasteiger partial charge on any atom is -0.484 e. The van der Waals surface area contributed by atoms with Crippen LogP contribution in [0.15, 0.2) is 109 Å². The zero-order valence-electron chi connectivity index (χ0n) is 27.8. The molecule has 0 fully saturated rings. The van der Waals surface area contributed by atoms with Crippen LogP contribution in [0.1, 0.15) is 41.5 Å². The zero-order chi connectivity index (χ0) is 36.2. The third-order valence-corrected chi connectivity index (χ3v) is 12.3. The summed E-state index contributed by atoms with van der Waals surface area (Å²) in [5, 5.41) is 5.56. The molecular weight excluding hydrogens is 676 g/mol. The summed E-state index contributed by atoms with van der Waals surface area (Å²) < 4.78 is 91.0. The Balaban J connectivity index is 0.000000700. The summed E-state index contributed by atoms with van der Waals surface area (Å²) >= 11 is 0. The van der Waals surface area contributed by atoms with Crippen molar-refractivity contribution in [1.29, 1.82) is 0 Å². The van der Waals surface area contributed by atoms with Gasteiger partial charge in [0, 0.05) is 0 Å². The Morgan fingerprint density at radius 3 is 0.958 bits per heavy atom. The van der Waals surface area contributed by atoms with E-state index in [1.165, 1.54) is 21.2 Å². The first-order valence-corrected chi connectivity index (χ1v) is 18.7. The fourth-order valence-corrected chi connectivity index (χ4v) is 11.1. The topological polar surface area (TPSA) is 18.5 Å². The van der Waals surface area contributed by atoms with Crippen molar-refractivity contribution in [3.05, 3.63) is 109 Å². The molecule has 2 unspecified atom stereocenters. The third kappa shape index (κ3) is 17.3. The molecule has 0 saturated carbocycles. The van der Waals surface area contributed by atoms with Gasteiger partial charge in [-0.1, -0.05) is 60.7 Å². The molecule has 0 spiro atoms. The number of hydrogen-bond acceptors (Lipinski definition) is 2. The molecular formula is C34H42B2F8O2P2. The van der Waals surface area contributed by atoms with Crippen molar-refractivity contribution in [2.45, 2.75) is 52.7 Å². The van der Waals surface area contributed by atoms with E-state index in [-0.39, 0.29) is 11.2 Å². The maximum Gasteiger partial charge on any atom is 0.673 e. The van der Waals surface area contributed by atoms with E-state index >= 15 is 0 Å². The number of ether oxygens (including phenoxy) is 2. The van der Waals surface area contributed by atoms with Crippen LogP contribution in [-0.2, 0) is 0 Å². The van der Waals surface area contributed by atoms with Crippen LogP contribution in [0, 0.1) is 0 Å². The van der Waals surface area contributed by atoms with E-state index < -0.39 is 30.4 Å². The number of hydrogen-bond donors (Lipinski definition) is 0. The molecule has 0 saturated heterocycles. The van der Waals surface area contributed by atoms with E-state index in [1.807, 2.05) is 0 Å². The highest BCUT2D eigenvalue weighted by molar-refractivity contribution is 7.76. The lowest BCUT2D eigenvalue weighted by Gasteiger charge is -2.24. The van der Waals surface area contributed by atoms with Crippen molar-refractivity contribution < 1.29 is 44.0 Å². The first kappa shape index (κ1) is 41.1. The highest BCUT2D eigenvalue weighted by Gasteiger charge is 2.34. The van der Waals surface area contributed by atoms with Gasteiger partial charge in [0.25, 0.3) is 0 Å². The fourth-order valence-electron chi connectivity index (χ4n) is 4.67. The molecule has 2 nitrogen and oxygen atoms in total. The average Bonchev–Trinajstić information content (AvgIpc) is 2.94. The number of para-hydroxylation sites is 2. The highest BCUT2D eigenvalue weighted by atomic mass is 31.1. The van der Waals surface area contributed by atoms with Gasteiger partial charge in [0.05, 0.1) is 26.5 Å². The minimum absolute atomic E-state index is 0.248. The van der Waals surface area contributed by atoms with E-state index in [2.05, 4.69) is 151 Å². The Kier molecular flexibility index (Phi) is 15.5. The van der Waals surface area contributed by atoms with Gasteiger partial charge >= 0.3 is 14.5 Å². The molecule has 0 amide bonds. The minimum atomic E-state index is -6.00. The summed E-state index contributed by atoms with van der Waals surface area (Å²) in [7, 11) is -14.2. The second-order valence-corrected chi connectivity index (χ2v) is 17.7. The van der Waals surface area contributed by atoms with E-state index in [1.54, 1.807) is 0 Å². The normalized spacial score (nSPS) is 13.2. The van der Waals surface area contributed by atoms with Gasteiger partial charge < -0.3 is 44.0 Å². The van der Waals surface area contributed by atoms with Gasteiger partial charge in [-0.25, -0.2) is 0 Å². The predicted molar refractivity (Wildman–Crippen MR) is 192 cm³/mol. The van der Waals surface area contributed by atoms with Crippen molar-refractivity contribution in [3.63, 3.8) is 0 Å². The molecule has 4 rings (SSSR count). The second kappa shape index (κ2) is 18.1. The molecule has 4 aromatic rings. The van der Waals surface area contributed by atoms with Gasteiger partial charge in [0.2, 0.25) is 0 Å². The van der Waals surface area contributed by atoms with Crippen molar-refractivity contribution in [2.24, 2.45) is 0 Å². The van der Waals surface area contributed by atoms with E-state index in [4.69, 9.17) is 9.47 Å². The van der Waals surface area contributed by atoms with Crippen LogP contribution in [0.25, 0.3) is 0 Å². The Hall–Kier alpha value is -3.09. The standard InChI is InChI=1S/C34H40O2P2.2BF4/c1-33(2,3)35-29-21-13-15-23-31(29)37(27-17-9-7-10-18-27)25-26-38(28-19-11-8-12-20-28)32-24-16-14-22-30(32)36-34(4,5)6;2*2-1(3,4)5/h7-24H,25-26H2,1-6H3;;/q;2*-1/p+2. The van der Waals surface area contributed by atoms with Crippen LogP contribution in [0.4, 0.5) is 34.5 Å². The molecule has 2 atom stereocenters. The third-order valence-electron chi connectivity index (χ3n) is 6.13. The zero-order valence-corrected chi connectivity index (χ0v) is 29.8. The molecule has 0 aliphatic heterocycles. The SMILES string of the molecule is CC(C)(C)Oc1ccccc1[PH+](CC[PH+](c1ccccc1)c1ccccc1OC(C)(C)C)c1ccccc1.F[B-](F)(F)F.F[B-](F)(F)F. The lowest BCUT2D eigenvalue weighted by Crippen LogP contribution is -2.28. The summed E-state index contributed by atoms with van der Waals surface area (Å²) in [6, 6.07) is 39.5. The van der Waals surface area contributed by atoms with E-state index in [9.17, 15) is 34.5 Å². The van der Waals surface area contributed by atoms with Gasteiger partial charge in [-0.15, -0.1) is 0 Å². The molecule has 14 heteroatoms. The maximum atomic E-state index is 9.75. The van der Waals surface area contributed by atoms with Gasteiger partial charge in [0.15, 0.2) is 11.5 Å². The Labute approximate surface area is 281 Å². The maximum absolute atomic E-state index is 9.75. The summed E-state index contributed by atoms with van der Waals surface area (Å²) in [4.78, 5) is 0. The van der Waals surface area contributed by atoms with Crippen molar-refractivity contribution in [3.8, 4) is 11.5 Å². The molecule has 0 aliphatic rings. The largest absolute Gasteiger partial charge is 0.673 e. The van der Waals surface area contributed by atoms with Crippen LogP contribution in [-0.4, -0.2) is 38.0 Å². The molecule has 0 N–H and O–H groups in total. The highest BCUT2D eigenvalue weighted by Crippen LogP contribution is 2.45. The molecule has 0 radical (unpaired) electrons. The molecule has 0 heterocycles. The molecule has 0 aliphatic carbocycles. The number of halogens is 8. The molecule has 0 bridgehead atoms. The second-order valence-electron chi connectivity index (χ2n) is 12.6. The van der Waals surface area contributed by atoms with E-state index in [0.29, 0.717) is 0 Å². The Morgan fingerprint density at radius 2 is 0.688 bits per heavy atom. The number of rotatable bonds is 9. The lowest BCUT2D eigenvalue weighted by atomic mass is 10.2. The fraction of sp³-hybridized carbons (Fsp3) is 0.294. The van der Waals surface area contributed by atoms with Crippen molar-refractivity contribution in [2.75, 3.05) is 12.3 Å². The van der Waals surface area contributed by atoms with Gasteiger partial charge in [-0.3, -0.25) is 0 Å². The summed E-state index contributed by atoms with van der Waals surface area (Å²) in [5.41, 5.74) is -0.496. The van der Waals surface area contributed by atoms with E-state index in [0.717, 1.165) is 23.8 Å². The monoisotopic (exact) mass is 718 g/mol. The summed E-state index contributed by atoms with van der Waals surface area (Å²) in [6.07, 6.45) is 2.23. The van der Waals surface area contributed by atoms with Gasteiger partial charge in [-0.2, -0.15) is 0 Å². The summed E-state index contributed by atoms with van der Waals surface area (Å²) in [5.74, 6) is 2.03. The Bertz CT molecular complexity index is 1390. The van der Waals surface area contributed by atoms with Gasteiger partial charge in [-0.05, 0) is 90.1 Å². The smallest absolute Gasteiger partial charge is 0.484 e. The quantitative estimate of drug-likeness (QED) is 0.0976.